The molecule has 0 aliphatic rings. The first-order chi connectivity index (χ1) is 7.10. The molecule has 0 fully saturated rings. The topological polar surface area (TPSA) is 56.3 Å². The van der Waals surface area contributed by atoms with Crippen molar-refractivity contribution in [3.05, 3.63) is 27.7 Å². The fraction of sp³-hybridized carbons (Fsp3) is 0.545. The highest BCUT2D eigenvalue weighted by atomic mass is 16.3. The second-order valence-corrected chi connectivity index (χ2v) is 3.58. The Morgan fingerprint density at radius 1 is 1.40 bits per heavy atom. The second kappa shape index (κ2) is 4.98. The number of H-pyrrole nitrogens is 1. The maximum absolute atomic E-state index is 11.7. The zero-order chi connectivity index (χ0) is 11.4. The minimum absolute atomic E-state index is 0.167. The summed E-state index contributed by atoms with van der Waals surface area (Å²) in [5, 5.41) is 9.48. The Hall–Kier alpha value is -1.29. The lowest BCUT2D eigenvalue weighted by Crippen LogP contribution is -2.26. The van der Waals surface area contributed by atoms with E-state index in [1.165, 1.54) is 0 Å². The predicted molar refractivity (Wildman–Crippen MR) is 60.1 cm³/mol. The summed E-state index contributed by atoms with van der Waals surface area (Å²) in [4.78, 5) is 16.7. The highest BCUT2D eigenvalue weighted by molar-refractivity contribution is 5.29. The minimum atomic E-state index is -0.266. The summed E-state index contributed by atoms with van der Waals surface area (Å²) in [5.41, 5.74) is 0.864. The first kappa shape index (κ1) is 11.8. The van der Waals surface area contributed by atoms with Gasteiger partial charge in [0.05, 0.1) is 5.69 Å². The molecular formula is C11H18N2O2. The number of aromatic amines is 1. The monoisotopic (exact) mass is 210 g/mol. The number of nitrogens with one attached hydrogen (secondary N) is 1. The molecule has 0 amide bonds. The van der Waals surface area contributed by atoms with E-state index in [0.29, 0.717) is 17.8 Å². The molecular weight excluding hydrogens is 192 g/mol. The molecule has 0 bridgehead atoms. The van der Waals surface area contributed by atoms with Gasteiger partial charge in [0.1, 0.15) is 0 Å². The van der Waals surface area contributed by atoms with Gasteiger partial charge in [-0.3, -0.25) is 9.69 Å². The van der Waals surface area contributed by atoms with E-state index in [1.54, 1.807) is 13.1 Å². The smallest absolute Gasteiger partial charge is 0.227 e. The van der Waals surface area contributed by atoms with Crippen molar-refractivity contribution < 1.29 is 5.11 Å². The van der Waals surface area contributed by atoms with Crippen LogP contribution in [0.15, 0.2) is 11.0 Å². The Labute approximate surface area is 89.6 Å². The van der Waals surface area contributed by atoms with Gasteiger partial charge in [-0.1, -0.05) is 13.8 Å². The SMILES string of the molecule is CCN(CC)Cc1c[nH]c(C)c(O)c1=O. The third-order valence-electron chi connectivity index (χ3n) is 2.61. The van der Waals surface area contributed by atoms with Crippen molar-refractivity contribution in [3.63, 3.8) is 0 Å². The van der Waals surface area contributed by atoms with E-state index in [9.17, 15) is 9.90 Å². The van der Waals surface area contributed by atoms with E-state index in [4.69, 9.17) is 0 Å². The molecule has 4 heteroatoms. The minimum Gasteiger partial charge on any atom is -0.503 e. The van der Waals surface area contributed by atoms with Crippen LogP contribution in [0, 0.1) is 6.92 Å². The van der Waals surface area contributed by atoms with Crippen LogP contribution in [-0.2, 0) is 6.54 Å². The number of hydrogen-bond acceptors (Lipinski definition) is 3. The Kier molecular flexibility index (Phi) is 3.91. The van der Waals surface area contributed by atoms with Crippen LogP contribution in [0.4, 0.5) is 0 Å². The normalized spacial score (nSPS) is 10.9. The van der Waals surface area contributed by atoms with Gasteiger partial charge in [0.15, 0.2) is 5.75 Å². The van der Waals surface area contributed by atoms with E-state index >= 15 is 0 Å². The van der Waals surface area contributed by atoms with E-state index in [0.717, 1.165) is 13.1 Å². The van der Waals surface area contributed by atoms with Crippen LogP contribution in [0.5, 0.6) is 5.75 Å². The molecule has 2 N–H and O–H groups in total. The Morgan fingerprint density at radius 2 is 2.00 bits per heavy atom. The van der Waals surface area contributed by atoms with Crippen molar-refractivity contribution >= 4 is 0 Å². The van der Waals surface area contributed by atoms with Gasteiger partial charge in [-0.15, -0.1) is 0 Å². The summed E-state index contributed by atoms with van der Waals surface area (Å²) in [6.45, 7) is 8.14. The maximum Gasteiger partial charge on any atom is 0.227 e. The molecule has 0 atom stereocenters. The summed E-state index contributed by atoms with van der Waals surface area (Å²) in [6.07, 6.45) is 1.68. The van der Waals surface area contributed by atoms with Gasteiger partial charge in [0.25, 0.3) is 0 Å². The second-order valence-electron chi connectivity index (χ2n) is 3.58. The van der Waals surface area contributed by atoms with Crippen molar-refractivity contribution in [1.82, 2.24) is 9.88 Å². The fourth-order valence-corrected chi connectivity index (χ4v) is 1.46. The molecule has 1 aromatic heterocycles. The molecule has 0 spiro atoms. The number of aromatic nitrogens is 1. The van der Waals surface area contributed by atoms with Gasteiger partial charge in [0, 0.05) is 18.3 Å². The third kappa shape index (κ3) is 2.59. The van der Waals surface area contributed by atoms with E-state index in [-0.39, 0.29) is 11.2 Å². The molecule has 1 heterocycles. The standard InChI is InChI=1S/C11H18N2O2/c1-4-13(5-2)7-9-6-12-8(3)10(14)11(9)15/h6,14H,4-5,7H2,1-3H3,(H,12,15). The van der Waals surface area contributed by atoms with Crippen LogP contribution in [0.1, 0.15) is 25.1 Å². The van der Waals surface area contributed by atoms with Gasteiger partial charge in [-0.25, -0.2) is 0 Å². The quantitative estimate of drug-likeness (QED) is 0.786. The summed E-state index contributed by atoms with van der Waals surface area (Å²) >= 11 is 0. The van der Waals surface area contributed by atoms with Crippen molar-refractivity contribution in [2.24, 2.45) is 0 Å². The average Bonchev–Trinajstić information content (AvgIpc) is 2.25. The largest absolute Gasteiger partial charge is 0.503 e. The number of aromatic hydroxyl groups is 1. The van der Waals surface area contributed by atoms with Crippen LogP contribution >= 0.6 is 0 Å². The Morgan fingerprint density at radius 3 is 2.53 bits per heavy atom. The van der Waals surface area contributed by atoms with Crippen LogP contribution in [0.2, 0.25) is 0 Å². The van der Waals surface area contributed by atoms with Gasteiger partial charge in [-0.05, 0) is 20.0 Å². The summed E-state index contributed by atoms with van der Waals surface area (Å²) in [6, 6.07) is 0. The number of rotatable bonds is 4. The van der Waals surface area contributed by atoms with Gasteiger partial charge >= 0.3 is 0 Å². The molecule has 0 unspecified atom stereocenters. The van der Waals surface area contributed by atoms with E-state index in [2.05, 4.69) is 9.88 Å². The van der Waals surface area contributed by atoms with Crippen LogP contribution in [0.25, 0.3) is 0 Å². The molecule has 4 nitrogen and oxygen atoms in total. The number of nitrogens with zero attached hydrogens (tertiary/aromatic N) is 1. The molecule has 0 aromatic carbocycles. The lowest BCUT2D eigenvalue weighted by molar-refractivity contribution is 0.294. The molecule has 0 saturated heterocycles. The van der Waals surface area contributed by atoms with Crippen LogP contribution in [-0.4, -0.2) is 28.1 Å². The molecule has 0 radical (unpaired) electrons. The molecule has 84 valence electrons. The first-order valence-corrected chi connectivity index (χ1v) is 5.22. The van der Waals surface area contributed by atoms with Crippen molar-refractivity contribution in [3.8, 4) is 5.75 Å². The summed E-state index contributed by atoms with van der Waals surface area (Å²) in [7, 11) is 0. The van der Waals surface area contributed by atoms with Crippen LogP contribution in [0.3, 0.4) is 0 Å². The van der Waals surface area contributed by atoms with Gasteiger partial charge < -0.3 is 10.1 Å². The first-order valence-electron chi connectivity index (χ1n) is 5.22. The molecule has 0 aliphatic heterocycles. The van der Waals surface area contributed by atoms with Crippen molar-refractivity contribution in [2.75, 3.05) is 13.1 Å². The van der Waals surface area contributed by atoms with E-state index in [1.807, 2.05) is 13.8 Å². The fourth-order valence-electron chi connectivity index (χ4n) is 1.46. The molecule has 15 heavy (non-hydrogen) atoms. The van der Waals surface area contributed by atoms with Crippen molar-refractivity contribution in [1.29, 1.82) is 0 Å². The highest BCUT2D eigenvalue weighted by Crippen LogP contribution is 2.08. The molecule has 0 aliphatic carbocycles. The summed E-state index contributed by atoms with van der Waals surface area (Å²) in [5.74, 6) is -0.167. The zero-order valence-corrected chi connectivity index (χ0v) is 9.50. The molecule has 1 aromatic rings. The third-order valence-corrected chi connectivity index (χ3v) is 2.61. The predicted octanol–water partition coefficient (Wildman–Crippen LogP) is 1.23. The van der Waals surface area contributed by atoms with E-state index < -0.39 is 0 Å². The molecule has 1 rings (SSSR count). The Balaban J connectivity index is 2.96. The number of aryl methyl sites for hydroxylation is 1. The lowest BCUT2D eigenvalue weighted by Gasteiger charge is -2.17. The molecule has 0 saturated carbocycles. The average molecular weight is 210 g/mol. The van der Waals surface area contributed by atoms with Gasteiger partial charge in [0.2, 0.25) is 5.43 Å². The van der Waals surface area contributed by atoms with Crippen molar-refractivity contribution in [2.45, 2.75) is 27.3 Å². The summed E-state index contributed by atoms with van der Waals surface area (Å²) < 4.78 is 0. The highest BCUT2D eigenvalue weighted by Gasteiger charge is 2.09. The number of pyridine rings is 1. The zero-order valence-electron chi connectivity index (χ0n) is 9.50. The maximum atomic E-state index is 11.7. The lowest BCUT2D eigenvalue weighted by atomic mass is 10.2. The van der Waals surface area contributed by atoms with Crippen LogP contribution < -0.4 is 5.43 Å². The number of hydrogen-bond donors (Lipinski definition) is 2. The van der Waals surface area contributed by atoms with Gasteiger partial charge in [-0.2, -0.15) is 0 Å². The Bertz CT molecular complexity index is 381.